The van der Waals surface area contributed by atoms with Gasteiger partial charge in [-0.15, -0.1) is 0 Å². The van der Waals surface area contributed by atoms with E-state index in [1.165, 1.54) is 11.3 Å². The molecular formula is C20H25N5O2S. The van der Waals surface area contributed by atoms with Crippen LogP contribution in [0.2, 0.25) is 0 Å². The predicted octanol–water partition coefficient (Wildman–Crippen LogP) is 3.36. The fourth-order valence-corrected chi connectivity index (χ4v) is 3.45. The largest absolute Gasteiger partial charge is 0.352 e. The number of amides is 2. The predicted molar refractivity (Wildman–Crippen MR) is 111 cm³/mol. The highest BCUT2D eigenvalue weighted by atomic mass is 32.1. The maximum absolute atomic E-state index is 12.5. The molecule has 148 valence electrons. The summed E-state index contributed by atoms with van der Waals surface area (Å²) in [5.74, 6) is -0.277. The molecule has 3 rings (SSSR count). The fourth-order valence-electron chi connectivity index (χ4n) is 2.71. The van der Waals surface area contributed by atoms with Crippen LogP contribution >= 0.6 is 11.3 Å². The number of fused-ring (bicyclic) bond motifs is 1. The van der Waals surface area contributed by atoms with Crippen LogP contribution in [-0.4, -0.2) is 33.0 Å². The van der Waals surface area contributed by atoms with Crippen LogP contribution in [0, 0.1) is 19.8 Å². The molecule has 1 aromatic carbocycles. The Hall–Kier alpha value is -2.74. The first-order chi connectivity index (χ1) is 13.4. The van der Waals surface area contributed by atoms with Crippen LogP contribution in [-0.2, 0) is 11.2 Å². The number of imidazole rings is 1. The van der Waals surface area contributed by atoms with Crippen molar-refractivity contribution in [1.82, 2.24) is 19.9 Å². The monoisotopic (exact) mass is 399 g/mol. The van der Waals surface area contributed by atoms with Crippen LogP contribution in [0.5, 0.6) is 0 Å². The van der Waals surface area contributed by atoms with Crippen LogP contribution in [0.3, 0.4) is 0 Å². The van der Waals surface area contributed by atoms with Gasteiger partial charge in [-0.3, -0.25) is 9.59 Å². The first-order valence-corrected chi connectivity index (χ1v) is 10.2. The minimum atomic E-state index is -0.172. The van der Waals surface area contributed by atoms with Crippen molar-refractivity contribution in [2.45, 2.75) is 40.5 Å². The van der Waals surface area contributed by atoms with Gasteiger partial charge in [0.15, 0.2) is 0 Å². The molecule has 2 heterocycles. The van der Waals surface area contributed by atoms with E-state index in [0.29, 0.717) is 24.2 Å². The second kappa shape index (κ2) is 8.52. The number of hydrogen-bond acceptors (Lipinski definition) is 5. The Bertz CT molecular complexity index is 976. The van der Waals surface area contributed by atoms with E-state index in [4.69, 9.17) is 0 Å². The third kappa shape index (κ3) is 4.56. The minimum Gasteiger partial charge on any atom is -0.352 e. The standard InChI is InChI=1S/C20H25N5O2S/c1-5-12(2)18(26)23-17-10-15(7-6-13(17)3)19(27)21-9-8-16-11-25-20(22-16)28-14(4)24-25/h6-7,10-12H,5,8-9H2,1-4H3,(H,21,27)(H,23,26). The molecule has 0 aliphatic heterocycles. The summed E-state index contributed by atoms with van der Waals surface area (Å²) in [7, 11) is 0. The van der Waals surface area contributed by atoms with E-state index in [1.807, 2.05) is 40.0 Å². The molecule has 0 fully saturated rings. The van der Waals surface area contributed by atoms with Crippen LogP contribution < -0.4 is 10.6 Å². The Morgan fingerprint density at radius 3 is 2.79 bits per heavy atom. The first-order valence-electron chi connectivity index (χ1n) is 9.38. The van der Waals surface area contributed by atoms with Gasteiger partial charge in [-0.2, -0.15) is 5.10 Å². The average molecular weight is 400 g/mol. The van der Waals surface area contributed by atoms with E-state index >= 15 is 0 Å². The molecule has 7 nitrogen and oxygen atoms in total. The lowest BCUT2D eigenvalue weighted by Crippen LogP contribution is -2.26. The van der Waals surface area contributed by atoms with Crippen molar-refractivity contribution in [3.8, 4) is 0 Å². The number of carbonyl (C=O) groups excluding carboxylic acids is 2. The Kier molecular flexibility index (Phi) is 6.08. The van der Waals surface area contributed by atoms with E-state index in [1.54, 1.807) is 16.6 Å². The molecule has 0 spiro atoms. The van der Waals surface area contributed by atoms with Crippen molar-refractivity contribution in [1.29, 1.82) is 0 Å². The molecule has 1 atom stereocenters. The SMILES string of the molecule is CCC(C)C(=O)Nc1cc(C(=O)NCCc2cn3nc(C)sc3n2)ccc1C. The van der Waals surface area contributed by atoms with Crippen molar-refractivity contribution in [3.05, 3.63) is 46.2 Å². The Balaban J connectivity index is 1.59. The highest BCUT2D eigenvalue weighted by Gasteiger charge is 2.14. The summed E-state index contributed by atoms with van der Waals surface area (Å²) in [4.78, 5) is 30.0. The van der Waals surface area contributed by atoms with Gasteiger partial charge >= 0.3 is 0 Å². The van der Waals surface area contributed by atoms with Gasteiger partial charge in [-0.1, -0.05) is 31.3 Å². The van der Waals surface area contributed by atoms with Gasteiger partial charge in [-0.05, 0) is 38.0 Å². The zero-order chi connectivity index (χ0) is 20.3. The number of rotatable bonds is 7. The van der Waals surface area contributed by atoms with E-state index in [2.05, 4.69) is 20.7 Å². The Morgan fingerprint density at radius 2 is 2.07 bits per heavy atom. The number of aromatic nitrogens is 3. The Labute approximate surface area is 168 Å². The number of hydrogen-bond donors (Lipinski definition) is 2. The van der Waals surface area contributed by atoms with Crippen molar-refractivity contribution in [2.24, 2.45) is 5.92 Å². The second-order valence-corrected chi connectivity index (χ2v) is 8.07. The molecule has 1 unspecified atom stereocenters. The second-order valence-electron chi connectivity index (χ2n) is 6.91. The normalized spacial score (nSPS) is 12.1. The molecule has 0 bridgehead atoms. The van der Waals surface area contributed by atoms with Crippen molar-refractivity contribution >= 4 is 33.8 Å². The first kappa shape index (κ1) is 20.0. The molecule has 2 aromatic heterocycles. The number of anilines is 1. The summed E-state index contributed by atoms with van der Waals surface area (Å²) in [6.45, 7) is 8.19. The molecule has 0 saturated heterocycles. The number of nitrogens with one attached hydrogen (secondary N) is 2. The van der Waals surface area contributed by atoms with E-state index in [-0.39, 0.29) is 17.7 Å². The third-order valence-electron chi connectivity index (χ3n) is 4.68. The molecule has 0 radical (unpaired) electrons. The maximum Gasteiger partial charge on any atom is 0.251 e. The van der Waals surface area contributed by atoms with Gasteiger partial charge in [-0.25, -0.2) is 9.50 Å². The molecule has 28 heavy (non-hydrogen) atoms. The number of aryl methyl sites for hydroxylation is 2. The van der Waals surface area contributed by atoms with Crippen molar-refractivity contribution < 1.29 is 9.59 Å². The number of nitrogens with zero attached hydrogens (tertiary/aromatic N) is 3. The van der Waals surface area contributed by atoms with Crippen molar-refractivity contribution in [2.75, 3.05) is 11.9 Å². The van der Waals surface area contributed by atoms with Gasteiger partial charge < -0.3 is 10.6 Å². The minimum absolute atomic E-state index is 0.0354. The third-order valence-corrected chi connectivity index (χ3v) is 5.52. The average Bonchev–Trinajstić information content (AvgIpc) is 3.19. The smallest absolute Gasteiger partial charge is 0.251 e. The summed E-state index contributed by atoms with van der Waals surface area (Å²) in [6.07, 6.45) is 3.29. The molecule has 2 N–H and O–H groups in total. The maximum atomic E-state index is 12.5. The summed E-state index contributed by atoms with van der Waals surface area (Å²) in [5, 5.41) is 11.1. The van der Waals surface area contributed by atoms with Crippen LogP contribution in [0.25, 0.3) is 4.96 Å². The molecule has 2 amide bonds. The molecule has 0 aliphatic carbocycles. The highest BCUT2D eigenvalue weighted by molar-refractivity contribution is 7.16. The molecule has 0 saturated carbocycles. The zero-order valence-electron chi connectivity index (χ0n) is 16.6. The number of benzene rings is 1. The van der Waals surface area contributed by atoms with Gasteiger partial charge in [0.2, 0.25) is 10.9 Å². The van der Waals surface area contributed by atoms with E-state index in [0.717, 1.165) is 27.6 Å². The summed E-state index contributed by atoms with van der Waals surface area (Å²) >= 11 is 1.54. The Morgan fingerprint density at radius 1 is 1.29 bits per heavy atom. The lowest BCUT2D eigenvalue weighted by atomic mass is 10.1. The topological polar surface area (TPSA) is 88.4 Å². The van der Waals surface area contributed by atoms with Gasteiger partial charge in [0.05, 0.1) is 11.9 Å². The fraction of sp³-hybridized carbons (Fsp3) is 0.400. The summed E-state index contributed by atoms with van der Waals surface area (Å²) in [6, 6.07) is 5.34. The van der Waals surface area contributed by atoms with Crippen LogP contribution in [0.1, 0.15) is 46.9 Å². The molecule has 0 aliphatic rings. The van der Waals surface area contributed by atoms with Crippen LogP contribution in [0.4, 0.5) is 5.69 Å². The summed E-state index contributed by atoms with van der Waals surface area (Å²) in [5.41, 5.74) is 3.01. The number of carbonyl (C=O) groups is 2. The highest BCUT2D eigenvalue weighted by Crippen LogP contribution is 2.19. The van der Waals surface area contributed by atoms with Gasteiger partial charge in [0, 0.05) is 30.1 Å². The molecule has 8 heteroatoms. The zero-order valence-corrected chi connectivity index (χ0v) is 17.4. The molecular weight excluding hydrogens is 374 g/mol. The van der Waals surface area contributed by atoms with Crippen LogP contribution in [0.15, 0.2) is 24.4 Å². The van der Waals surface area contributed by atoms with Gasteiger partial charge in [0.25, 0.3) is 5.91 Å². The summed E-state index contributed by atoms with van der Waals surface area (Å²) < 4.78 is 1.77. The lowest BCUT2D eigenvalue weighted by molar-refractivity contribution is -0.119. The van der Waals surface area contributed by atoms with Gasteiger partial charge in [0.1, 0.15) is 5.01 Å². The van der Waals surface area contributed by atoms with E-state index in [9.17, 15) is 9.59 Å². The van der Waals surface area contributed by atoms with Crippen molar-refractivity contribution in [3.63, 3.8) is 0 Å². The lowest BCUT2D eigenvalue weighted by Gasteiger charge is -2.13. The van der Waals surface area contributed by atoms with E-state index < -0.39 is 0 Å². The quantitative estimate of drug-likeness (QED) is 0.638. The molecule has 3 aromatic rings.